The quantitative estimate of drug-likeness (QED) is 0.321. The second kappa shape index (κ2) is 9.20. The van der Waals surface area contributed by atoms with Crippen LogP contribution in [0.4, 0.5) is 0 Å². The SMILES string of the molecule is CC(=O)O[C@H]1CC[C@@]2(C)C(=CC[C@H]3[C@@H]4C[C@@H]5O[C@H](CC[C@@H](C)c6nnc(C)o6)[C@@H](C)[C@@H]5[C@@]4(C)CC[C@@H]32)C1. The Hall–Kier alpha value is -1.69. The van der Waals surface area contributed by atoms with Crippen molar-refractivity contribution in [2.75, 3.05) is 0 Å². The lowest BCUT2D eigenvalue weighted by molar-refractivity contribution is -0.148. The van der Waals surface area contributed by atoms with E-state index in [0.717, 1.165) is 55.7 Å². The minimum Gasteiger partial charge on any atom is -0.462 e. The maximum Gasteiger partial charge on any atom is 0.302 e. The van der Waals surface area contributed by atoms with Gasteiger partial charge in [0.05, 0.1) is 12.2 Å². The number of carbonyl (C=O) groups excluding carboxylic acids is 1. The number of esters is 1. The lowest BCUT2D eigenvalue weighted by Crippen LogP contribution is -2.51. The predicted octanol–water partition coefficient (Wildman–Crippen LogP) is 6.79. The van der Waals surface area contributed by atoms with Crippen LogP contribution in [0.2, 0.25) is 0 Å². The van der Waals surface area contributed by atoms with Crippen molar-refractivity contribution >= 4 is 5.97 Å². The van der Waals surface area contributed by atoms with Gasteiger partial charge in [-0.25, -0.2) is 0 Å². The van der Waals surface area contributed by atoms with Gasteiger partial charge in [0.2, 0.25) is 11.8 Å². The molecule has 1 aromatic rings. The monoisotopic (exact) mass is 510 g/mol. The number of carbonyl (C=O) groups is 1. The van der Waals surface area contributed by atoms with Crippen molar-refractivity contribution in [1.29, 1.82) is 0 Å². The topological polar surface area (TPSA) is 74.5 Å². The van der Waals surface area contributed by atoms with Crippen molar-refractivity contribution in [2.45, 2.75) is 124 Å². The molecule has 1 aromatic heterocycles. The number of nitrogens with zero attached hydrogens (tertiary/aromatic N) is 2. The lowest BCUT2D eigenvalue weighted by atomic mass is 9.47. The van der Waals surface area contributed by atoms with Crippen LogP contribution in [0.5, 0.6) is 0 Å². The first kappa shape index (κ1) is 25.6. The molecule has 1 saturated heterocycles. The summed E-state index contributed by atoms with van der Waals surface area (Å²) in [6.45, 7) is 13.2. The van der Waals surface area contributed by atoms with Gasteiger partial charge in [-0.2, -0.15) is 0 Å². The van der Waals surface area contributed by atoms with Gasteiger partial charge in [-0.05, 0) is 91.8 Å². The average Bonchev–Trinajstić information content (AvgIpc) is 3.50. The van der Waals surface area contributed by atoms with Crippen molar-refractivity contribution in [2.24, 2.45) is 40.4 Å². The summed E-state index contributed by atoms with van der Waals surface area (Å²) in [6.07, 6.45) is 13.7. The summed E-state index contributed by atoms with van der Waals surface area (Å²) in [5.41, 5.74) is 2.23. The van der Waals surface area contributed by atoms with Crippen molar-refractivity contribution in [3.63, 3.8) is 0 Å². The van der Waals surface area contributed by atoms with Crippen LogP contribution in [0.25, 0.3) is 0 Å². The number of hydrogen-bond acceptors (Lipinski definition) is 6. The van der Waals surface area contributed by atoms with Crippen LogP contribution >= 0.6 is 0 Å². The summed E-state index contributed by atoms with van der Waals surface area (Å²) in [7, 11) is 0. The Kier molecular flexibility index (Phi) is 6.36. The maximum absolute atomic E-state index is 11.6. The van der Waals surface area contributed by atoms with Gasteiger partial charge in [-0.15, -0.1) is 10.2 Å². The molecule has 0 amide bonds. The highest BCUT2D eigenvalue weighted by atomic mass is 16.5. The third kappa shape index (κ3) is 4.11. The molecule has 204 valence electrons. The van der Waals surface area contributed by atoms with Gasteiger partial charge in [0, 0.05) is 26.2 Å². The smallest absolute Gasteiger partial charge is 0.302 e. The van der Waals surface area contributed by atoms with E-state index < -0.39 is 0 Å². The highest BCUT2D eigenvalue weighted by Crippen LogP contribution is 2.69. The van der Waals surface area contributed by atoms with Crippen molar-refractivity contribution < 1.29 is 18.7 Å². The summed E-state index contributed by atoms with van der Waals surface area (Å²) in [6, 6.07) is 0. The molecule has 2 heterocycles. The van der Waals surface area contributed by atoms with Gasteiger partial charge in [0.25, 0.3) is 0 Å². The minimum absolute atomic E-state index is 0.0748. The summed E-state index contributed by atoms with van der Waals surface area (Å²) in [4.78, 5) is 11.6. The molecule has 0 unspecified atom stereocenters. The molecule has 3 saturated carbocycles. The van der Waals surface area contributed by atoms with E-state index in [2.05, 4.69) is 44.0 Å². The largest absolute Gasteiger partial charge is 0.462 e. The molecule has 6 nitrogen and oxygen atoms in total. The van der Waals surface area contributed by atoms with Crippen molar-refractivity contribution in [1.82, 2.24) is 10.2 Å². The molecular weight excluding hydrogens is 464 g/mol. The first-order valence-corrected chi connectivity index (χ1v) is 14.9. The predicted molar refractivity (Wildman–Crippen MR) is 141 cm³/mol. The second-order valence-corrected chi connectivity index (χ2v) is 13.7. The standard InChI is InChI=1S/C31H46N2O4/c1-17(29-33-32-19(3)35-29)7-10-26-18(2)28-27(37-26)16-25-23-9-8-21-15-22(36-20(4)34)11-13-30(21,5)24(23)12-14-31(25,28)6/h8,17-18,22-28H,7,9-16H2,1-6H3/t17-,18-,22+,23-,24+,25+,26-,27+,28+,30+,31+/m1/s1. The zero-order valence-electron chi connectivity index (χ0n) is 23.7. The van der Waals surface area contributed by atoms with E-state index in [1.807, 2.05) is 6.92 Å². The molecule has 0 spiro atoms. The number of allylic oxidation sites excluding steroid dienone is 1. The summed E-state index contributed by atoms with van der Waals surface area (Å²) < 4.78 is 18.2. The lowest BCUT2D eigenvalue weighted by Gasteiger charge is -2.58. The molecule has 6 rings (SSSR count). The Morgan fingerprint density at radius 3 is 2.76 bits per heavy atom. The van der Waals surface area contributed by atoms with Crippen LogP contribution < -0.4 is 0 Å². The van der Waals surface area contributed by atoms with Crippen molar-refractivity contribution in [3.05, 3.63) is 23.4 Å². The Morgan fingerprint density at radius 1 is 1.22 bits per heavy atom. The fourth-order valence-corrected chi connectivity index (χ4v) is 10.0. The Labute approximate surface area is 222 Å². The Bertz CT molecular complexity index is 1070. The number of aromatic nitrogens is 2. The minimum atomic E-state index is -0.138. The number of hydrogen-bond donors (Lipinski definition) is 0. The molecule has 5 aliphatic rings. The summed E-state index contributed by atoms with van der Waals surface area (Å²) in [5, 5.41) is 8.25. The maximum atomic E-state index is 11.6. The normalized spacial score (nSPS) is 45.3. The van der Waals surface area contributed by atoms with E-state index in [1.54, 1.807) is 12.5 Å². The fraction of sp³-hybridized carbons (Fsp3) is 0.839. The molecule has 0 aromatic carbocycles. The highest BCUT2D eigenvalue weighted by Gasteiger charge is 2.65. The number of aryl methyl sites for hydroxylation is 1. The van der Waals surface area contributed by atoms with Crippen molar-refractivity contribution in [3.8, 4) is 0 Å². The zero-order valence-corrected chi connectivity index (χ0v) is 23.7. The van der Waals surface area contributed by atoms with Crippen LogP contribution in [0.1, 0.15) is 110 Å². The van der Waals surface area contributed by atoms with E-state index in [4.69, 9.17) is 13.9 Å². The van der Waals surface area contributed by atoms with Crippen LogP contribution in [-0.4, -0.2) is 34.5 Å². The number of fused-ring (bicyclic) bond motifs is 7. The van der Waals surface area contributed by atoms with E-state index in [0.29, 0.717) is 35.3 Å². The Morgan fingerprint density at radius 2 is 2.03 bits per heavy atom. The van der Waals surface area contributed by atoms with Gasteiger partial charge in [-0.3, -0.25) is 4.79 Å². The Balaban J connectivity index is 1.14. The number of rotatable bonds is 5. The summed E-state index contributed by atoms with van der Waals surface area (Å²) >= 11 is 0. The van der Waals surface area contributed by atoms with Crippen LogP contribution in [0.15, 0.2) is 16.1 Å². The second-order valence-electron chi connectivity index (χ2n) is 13.7. The van der Waals surface area contributed by atoms with Gasteiger partial charge < -0.3 is 13.9 Å². The third-order valence-corrected chi connectivity index (χ3v) is 11.8. The average molecular weight is 511 g/mol. The van der Waals surface area contributed by atoms with E-state index in [9.17, 15) is 4.79 Å². The van der Waals surface area contributed by atoms with Gasteiger partial charge in [-0.1, -0.05) is 39.3 Å². The van der Waals surface area contributed by atoms with Crippen LogP contribution in [0.3, 0.4) is 0 Å². The van der Waals surface area contributed by atoms with Crippen LogP contribution in [-0.2, 0) is 14.3 Å². The molecule has 37 heavy (non-hydrogen) atoms. The first-order chi connectivity index (χ1) is 17.6. The number of ether oxygens (including phenoxy) is 2. The molecule has 0 radical (unpaired) electrons. The third-order valence-electron chi connectivity index (χ3n) is 11.8. The van der Waals surface area contributed by atoms with E-state index >= 15 is 0 Å². The molecule has 11 atom stereocenters. The van der Waals surface area contributed by atoms with Gasteiger partial charge in [0.15, 0.2) is 0 Å². The molecule has 4 fully saturated rings. The molecule has 1 aliphatic heterocycles. The zero-order chi connectivity index (χ0) is 26.1. The molecule has 4 aliphatic carbocycles. The molecule has 0 bridgehead atoms. The first-order valence-electron chi connectivity index (χ1n) is 14.9. The fourth-order valence-electron chi connectivity index (χ4n) is 10.0. The van der Waals surface area contributed by atoms with Crippen LogP contribution in [0, 0.1) is 47.3 Å². The highest BCUT2D eigenvalue weighted by molar-refractivity contribution is 5.66. The summed E-state index contributed by atoms with van der Waals surface area (Å²) in [5.74, 6) is 5.08. The molecule has 6 heteroatoms. The molecule has 0 N–H and O–H groups in total. The van der Waals surface area contributed by atoms with E-state index in [1.165, 1.54) is 25.7 Å². The van der Waals surface area contributed by atoms with Gasteiger partial charge in [0.1, 0.15) is 6.10 Å². The van der Waals surface area contributed by atoms with E-state index in [-0.39, 0.29) is 23.4 Å². The molecular formula is C31H46N2O4. The van der Waals surface area contributed by atoms with Gasteiger partial charge >= 0.3 is 5.97 Å².